The zero-order valence-corrected chi connectivity index (χ0v) is 18.3. The zero-order chi connectivity index (χ0) is 21.8. The van der Waals surface area contributed by atoms with E-state index < -0.39 is 6.10 Å². The first kappa shape index (κ1) is 24.1. The van der Waals surface area contributed by atoms with E-state index in [1.165, 1.54) is 24.0 Å². The molecule has 0 aliphatic heterocycles. The molecule has 164 valence electrons. The first-order chi connectivity index (χ1) is 14.6. The van der Waals surface area contributed by atoms with Gasteiger partial charge in [-0.25, -0.2) is 5.48 Å². The normalized spacial score (nSPS) is 12.2. The van der Waals surface area contributed by atoms with Crippen LogP contribution < -0.4 is 5.48 Å². The van der Waals surface area contributed by atoms with Crippen molar-refractivity contribution in [1.29, 1.82) is 0 Å². The Kier molecular flexibility index (Phi) is 10.6. The van der Waals surface area contributed by atoms with Crippen LogP contribution in [0, 0.1) is 0 Å². The van der Waals surface area contributed by atoms with Crippen molar-refractivity contribution in [2.45, 2.75) is 65.0 Å². The molecule has 0 spiro atoms. The van der Waals surface area contributed by atoms with Gasteiger partial charge in [0.2, 0.25) is 5.91 Å². The van der Waals surface area contributed by atoms with Crippen LogP contribution in [0.2, 0.25) is 0 Å². The van der Waals surface area contributed by atoms with E-state index in [1.54, 1.807) is 5.48 Å². The quantitative estimate of drug-likeness (QED) is 0.244. The molecule has 0 saturated heterocycles. The van der Waals surface area contributed by atoms with Crippen LogP contribution in [0.3, 0.4) is 0 Å². The Balaban J connectivity index is 1.90. The van der Waals surface area contributed by atoms with Gasteiger partial charge in [-0.2, -0.15) is 0 Å². The fourth-order valence-corrected chi connectivity index (χ4v) is 3.71. The molecular weight excluding hydrogens is 376 g/mol. The molecule has 30 heavy (non-hydrogen) atoms. The summed E-state index contributed by atoms with van der Waals surface area (Å²) in [6.45, 7) is 7.71. The largest absolute Gasteiger partial charge is 0.388 e. The fourth-order valence-electron chi connectivity index (χ4n) is 3.71. The Bertz CT molecular complexity index is 738. The number of hydrogen-bond donors (Lipinski definition) is 3. The molecule has 0 aliphatic carbocycles. The average Bonchev–Trinajstić information content (AvgIpc) is 2.77. The predicted octanol–water partition coefficient (Wildman–Crippen LogP) is 5.07. The minimum Gasteiger partial charge on any atom is -0.388 e. The van der Waals surface area contributed by atoms with Crippen LogP contribution in [-0.2, 0) is 11.3 Å². The van der Waals surface area contributed by atoms with Crippen molar-refractivity contribution in [3.05, 3.63) is 59.7 Å². The molecule has 3 N–H and O–H groups in total. The highest BCUT2D eigenvalue weighted by Crippen LogP contribution is 2.25. The Morgan fingerprint density at radius 1 is 0.933 bits per heavy atom. The molecule has 1 atom stereocenters. The SMILES string of the molecule is CCCN(CCC)Cc1ccc(-c2ccc(C(O)CCCCC(=O)NO)cc2)cc1. The van der Waals surface area contributed by atoms with Gasteiger partial charge < -0.3 is 5.11 Å². The summed E-state index contributed by atoms with van der Waals surface area (Å²) in [4.78, 5) is 13.5. The molecule has 2 aromatic carbocycles. The summed E-state index contributed by atoms with van der Waals surface area (Å²) in [6, 6.07) is 16.8. The third-order valence-electron chi connectivity index (χ3n) is 5.32. The second-order valence-electron chi connectivity index (χ2n) is 7.89. The number of carbonyl (C=O) groups excluding carboxylic acids is 1. The summed E-state index contributed by atoms with van der Waals surface area (Å²) >= 11 is 0. The lowest BCUT2D eigenvalue weighted by Gasteiger charge is -2.21. The van der Waals surface area contributed by atoms with Crippen LogP contribution in [-0.4, -0.2) is 34.2 Å². The number of hydrogen-bond acceptors (Lipinski definition) is 4. The first-order valence-electron chi connectivity index (χ1n) is 11.1. The minimum atomic E-state index is -0.540. The standard InChI is InChI=1S/C25H36N2O3/c1-3-17-27(18-4-2)19-20-9-11-21(12-10-20)22-13-15-23(16-14-22)24(28)7-5-6-8-25(29)26-30/h9-16,24,28,30H,3-8,17-19H2,1-2H3,(H,26,29). The number of nitrogens with zero attached hydrogens (tertiary/aromatic N) is 1. The van der Waals surface area contributed by atoms with Crippen molar-refractivity contribution in [2.24, 2.45) is 0 Å². The van der Waals surface area contributed by atoms with Gasteiger partial charge in [-0.05, 0) is 61.0 Å². The van der Waals surface area contributed by atoms with E-state index in [0.717, 1.165) is 37.2 Å². The van der Waals surface area contributed by atoms with Crippen molar-refractivity contribution < 1.29 is 15.1 Å². The Morgan fingerprint density at radius 3 is 2.03 bits per heavy atom. The van der Waals surface area contributed by atoms with Gasteiger partial charge in [-0.15, -0.1) is 0 Å². The molecule has 1 amide bonds. The number of unbranched alkanes of at least 4 members (excludes halogenated alkanes) is 1. The van der Waals surface area contributed by atoms with Crippen molar-refractivity contribution >= 4 is 5.91 Å². The number of amides is 1. The molecule has 2 rings (SSSR count). The number of aliphatic hydroxyl groups excluding tert-OH is 1. The van der Waals surface area contributed by atoms with Crippen molar-refractivity contribution in [2.75, 3.05) is 13.1 Å². The van der Waals surface area contributed by atoms with Gasteiger partial charge in [0.15, 0.2) is 0 Å². The third-order valence-corrected chi connectivity index (χ3v) is 5.32. The lowest BCUT2D eigenvalue weighted by Crippen LogP contribution is -2.24. The van der Waals surface area contributed by atoms with Crippen LogP contribution in [0.4, 0.5) is 0 Å². The van der Waals surface area contributed by atoms with Crippen molar-refractivity contribution in [1.82, 2.24) is 10.4 Å². The maximum atomic E-state index is 11.0. The number of rotatable bonds is 13. The molecular formula is C25H36N2O3. The Labute approximate surface area is 180 Å². The highest BCUT2D eigenvalue weighted by molar-refractivity contribution is 5.74. The average molecular weight is 413 g/mol. The number of hydroxylamine groups is 1. The number of nitrogens with one attached hydrogen (secondary N) is 1. The molecule has 0 heterocycles. The minimum absolute atomic E-state index is 0.271. The van der Waals surface area contributed by atoms with Crippen LogP contribution in [0.1, 0.15) is 69.6 Å². The topological polar surface area (TPSA) is 72.8 Å². The molecule has 2 aromatic rings. The van der Waals surface area contributed by atoms with Gasteiger partial charge in [0, 0.05) is 13.0 Å². The highest BCUT2D eigenvalue weighted by atomic mass is 16.5. The Hall–Kier alpha value is -2.21. The van der Waals surface area contributed by atoms with E-state index >= 15 is 0 Å². The van der Waals surface area contributed by atoms with Gasteiger partial charge in [-0.3, -0.25) is 14.9 Å². The summed E-state index contributed by atoms with van der Waals surface area (Å²) in [5.41, 5.74) is 6.16. The van der Waals surface area contributed by atoms with Crippen molar-refractivity contribution in [3.8, 4) is 11.1 Å². The van der Waals surface area contributed by atoms with Gasteiger partial charge in [0.1, 0.15) is 0 Å². The van der Waals surface area contributed by atoms with E-state index in [2.05, 4.69) is 43.0 Å². The zero-order valence-electron chi connectivity index (χ0n) is 18.3. The fraction of sp³-hybridized carbons (Fsp3) is 0.480. The summed E-state index contributed by atoms with van der Waals surface area (Å²) in [5, 5.41) is 18.8. The molecule has 0 saturated carbocycles. The third kappa shape index (κ3) is 7.90. The lowest BCUT2D eigenvalue weighted by atomic mass is 9.98. The summed E-state index contributed by atoms with van der Waals surface area (Å²) in [5.74, 6) is -0.386. The van der Waals surface area contributed by atoms with Crippen LogP contribution in [0.15, 0.2) is 48.5 Å². The second-order valence-corrected chi connectivity index (χ2v) is 7.89. The second kappa shape index (κ2) is 13.2. The first-order valence-corrected chi connectivity index (χ1v) is 11.1. The van der Waals surface area contributed by atoms with E-state index in [9.17, 15) is 9.90 Å². The number of benzene rings is 2. The van der Waals surface area contributed by atoms with E-state index in [0.29, 0.717) is 12.8 Å². The van der Waals surface area contributed by atoms with Crippen LogP contribution in [0.5, 0.6) is 0 Å². The van der Waals surface area contributed by atoms with Crippen LogP contribution in [0.25, 0.3) is 11.1 Å². The number of carbonyl (C=O) groups is 1. The van der Waals surface area contributed by atoms with Crippen molar-refractivity contribution in [3.63, 3.8) is 0 Å². The predicted molar refractivity (Wildman–Crippen MR) is 121 cm³/mol. The molecule has 0 bridgehead atoms. The smallest absolute Gasteiger partial charge is 0.243 e. The van der Waals surface area contributed by atoms with Gasteiger partial charge in [0.25, 0.3) is 0 Å². The Morgan fingerprint density at radius 2 is 1.50 bits per heavy atom. The molecule has 0 fully saturated rings. The molecule has 0 aliphatic rings. The lowest BCUT2D eigenvalue weighted by molar-refractivity contribution is -0.129. The van der Waals surface area contributed by atoms with Gasteiger partial charge >= 0.3 is 0 Å². The van der Waals surface area contributed by atoms with E-state index in [4.69, 9.17) is 5.21 Å². The maximum absolute atomic E-state index is 11.0. The summed E-state index contributed by atoms with van der Waals surface area (Å²) in [6.07, 6.45) is 4.04. The van der Waals surface area contributed by atoms with E-state index in [-0.39, 0.29) is 12.3 Å². The molecule has 5 heteroatoms. The van der Waals surface area contributed by atoms with E-state index in [1.807, 2.05) is 24.3 Å². The van der Waals surface area contributed by atoms with Gasteiger partial charge in [0.05, 0.1) is 6.10 Å². The molecule has 1 unspecified atom stereocenters. The molecule has 5 nitrogen and oxygen atoms in total. The number of aliphatic hydroxyl groups is 1. The molecule has 0 radical (unpaired) electrons. The summed E-state index contributed by atoms with van der Waals surface area (Å²) in [7, 11) is 0. The molecule has 0 aromatic heterocycles. The highest BCUT2D eigenvalue weighted by Gasteiger charge is 2.09. The van der Waals surface area contributed by atoms with Crippen LogP contribution >= 0.6 is 0 Å². The monoisotopic (exact) mass is 412 g/mol. The summed E-state index contributed by atoms with van der Waals surface area (Å²) < 4.78 is 0. The van der Waals surface area contributed by atoms with Gasteiger partial charge in [-0.1, -0.05) is 68.8 Å². The maximum Gasteiger partial charge on any atom is 0.243 e.